The van der Waals surface area contributed by atoms with E-state index in [1.54, 1.807) is 0 Å². The minimum absolute atomic E-state index is 0.0811. The summed E-state index contributed by atoms with van der Waals surface area (Å²) in [5, 5.41) is 22.0. The molecule has 0 aromatic heterocycles. The molecule has 0 fully saturated rings. The minimum atomic E-state index is -1.01. The van der Waals surface area contributed by atoms with E-state index in [4.69, 9.17) is 9.84 Å². The number of nitro groups is 1. The van der Waals surface area contributed by atoms with Crippen molar-refractivity contribution >= 4 is 17.3 Å². The molecule has 0 radical (unpaired) electrons. The van der Waals surface area contributed by atoms with Gasteiger partial charge in [-0.25, -0.2) is 0 Å². The van der Waals surface area contributed by atoms with Gasteiger partial charge in [0.2, 0.25) is 0 Å². The van der Waals surface area contributed by atoms with Crippen molar-refractivity contribution in [2.24, 2.45) is 0 Å². The number of benzene rings is 1. The highest BCUT2D eigenvalue weighted by Gasteiger charge is 2.16. The van der Waals surface area contributed by atoms with E-state index in [2.05, 4.69) is 5.32 Å². The molecule has 0 saturated heterocycles. The van der Waals surface area contributed by atoms with Gasteiger partial charge in [0.1, 0.15) is 6.04 Å². The van der Waals surface area contributed by atoms with Crippen molar-refractivity contribution in [1.29, 1.82) is 0 Å². The molecule has 0 aliphatic heterocycles. The second kappa shape index (κ2) is 5.15. The summed E-state index contributed by atoms with van der Waals surface area (Å²) in [6.07, 6.45) is 0. The van der Waals surface area contributed by atoms with Crippen LogP contribution in [0.1, 0.15) is 6.92 Å². The van der Waals surface area contributed by atoms with Gasteiger partial charge in [-0.3, -0.25) is 14.9 Å². The second-order valence-corrected chi connectivity index (χ2v) is 3.35. The molecule has 1 atom stereocenters. The molecule has 1 aromatic carbocycles. The maximum absolute atomic E-state index is 10.6. The molecule has 1 rings (SSSR count). The lowest BCUT2D eigenvalue weighted by Crippen LogP contribution is -2.25. The highest BCUT2D eigenvalue weighted by molar-refractivity contribution is 5.77. The van der Waals surface area contributed by atoms with Gasteiger partial charge in [-0.1, -0.05) is 0 Å². The fourth-order valence-electron chi connectivity index (χ4n) is 1.23. The molecule has 0 bridgehead atoms. The van der Waals surface area contributed by atoms with Gasteiger partial charge in [-0.2, -0.15) is 0 Å². The van der Waals surface area contributed by atoms with Crippen molar-refractivity contribution in [2.75, 3.05) is 12.4 Å². The average molecular weight is 240 g/mol. The van der Waals surface area contributed by atoms with Crippen molar-refractivity contribution in [3.8, 4) is 5.75 Å². The first-order valence-corrected chi connectivity index (χ1v) is 4.77. The van der Waals surface area contributed by atoms with Crippen molar-refractivity contribution in [3.05, 3.63) is 28.3 Å². The highest BCUT2D eigenvalue weighted by Crippen LogP contribution is 2.29. The maximum atomic E-state index is 10.6. The van der Waals surface area contributed by atoms with E-state index >= 15 is 0 Å². The number of nitrogens with zero attached hydrogens (tertiary/aromatic N) is 1. The summed E-state index contributed by atoms with van der Waals surface area (Å²) in [7, 11) is 1.31. The largest absolute Gasteiger partial charge is 0.490 e. The van der Waals surface area contributed by atoms with Gasteiger partial charge < -0.3 is 15.2 Å². The SMILES string of the molecule is COc1cc(N[C@H](C)C(=O)O)ccc1[N+](=O)[O-]. The fourth-order valence-corrected chi connectivity index (χ4v) is 1.23. The number of aliphatic carboxylic acids is 1. The van der Waals surface area contributed by atoms with Gasteiger partial charge >= 0.3 is 11.7 Å². The molecule has 0 aliphatic rings. The third-order valence-electron chi connectivity index (χ3n) is 2.13. The lowest BCUT2D eigenvalue weighted by molar-refractivity contribution is -0.385. The van der Waals surface area contributed by atoms with Crippen LogP contribution in [0.4, 0.5) is 11.4 Å². The van der Waals surface area contributed by atoms with Crippen LogP contribution in [-0.2, 0) is 4.79 Å². The number of carbonyl (C=O) groups is 1. The van der Waals surface area contributed by atoms with Crippen LogP contribution in [-0.4, -0.2) is 29.2 Å². The number of hydrogen-bond acceptors (Lipinski definition) is 5. The molecule has 0 aliphatic carbocycles. The van der Waals surface area contributed by atoms with Crippen molar-refractivity contribution in [3.63, 3.8) is 0 Å². The molecular weight excluding hydrogens is 228 g/mol. The number of carboxylic acids is 1. The molecule has 7 heteroatoms. The molecular formula is C10H12N2O5. The Labute approximate surface area is 97.2 Å². The van der Waals surface area contributed by atoms with Crippen LogP contribution in [0.2, 0.25) is 0 Å². The molecule has 2 N–H and O–H groups in total. The van der Waals surface area contributed by atoms with Crippen LogP contribution < -0.4 is 10.1 Å². The average Bonchev–Trinajstić information content (AvgIpc) is 2.28. The summed E-state index contributed by atoms with van der Waals surface area (Å²) in [5.41, 5.74) is 0.281. The Morgan fingerprint density at radius 1 is 1.59 bits per heavy atom. The van der Waals surface area contributed by atoms with Gasteiger partial charge in [-0.05, 0) is 13.0 Å². The summed E-state index contributed by atoms with van der Waals surface area (Å²) in [6, 6.07) is 3.29. The number of nitrogens with one attached hydrogen (secondary N) is 1. The number of carboxylic acid groups (broad SMARTS) is 1. The van der Waals surface area contributed by atoms with Gasteiger partial charge in [0, 0.05) is 17.8 Å². The first-order valence-electron chi connectivity index (χ1n) is 4.77. The standard InChI is InChI=1S/C10H12N2O5/c1-6(10(13)14)11-7-3-4-8(12(15)16)9(5-7)17-2/h3-6,11H,1-2H3,(H,13,14)/t6-/m1/s1. The molecule has 92 valence electrons. The quantitative estimate of drug-likeness (QED) is 0.597. The summed E-state index contributed by atoms with van der Waals surface area (Å²) in [6.45, 7) is 1.47. The number of methoxy groups -OCH3 is 1. The normalized spacial score (nSPS) is 11.6. The van der Waals surface area contributed by atoms with Gasteiger partial charge in [0.05, 0.1) is 12.0 Å². The van der Waals surface area contributed by atoms with Crippen LogP contribution in [0.5, 0.6) is 5.75 Å². The van der Waals surface area contributed by atoms with Crippen LogP contribution in [0, 0.1) is 10.1 Å². The monoisotopic (exact) mass is 240 g/mol. The van der Waals surface area contributed by atoms with Gasteiger partial charge in [-0.15, -0.1) is 0 Å². The van der Waals surface area contributed by atoms with E-state index in [9.17, 15) is 14.9 Å². The number of ether oxygens (including phenoxy) is 1. The summed E-state index contributed by atoms with van der Waals surface area (Å²) in [4.78, 5) is 20.7. The van der Waals surface area contributed by atoms with E-state index in [1.165, 1.54) is 32.2 Å². The molecule has 0 saturated carbocycles. The van der Waals surface area contributed by atoms with E-state index < -0.39 is 16.9 Å². The zero-order valence-corrected chi connectivity index (χ0v) is 9.34. The van der Waals surface area contributed by atoms with Crippen LogP contribution >= 0.6 is 0 Å². The lowest BCUT2D eigenvalue weighted by Gasteiger charge is -2.11. The topological polar surface area (TPSA) is 102 Å². The number of anilines is 1. The molecule has 7 nitrogen and oxygen atoms in total. The molecule has 17 heavy (non-hydrogen) atoms. The van der Waals surface area contributed by atoms with Crippen molar-refractivity contribution < 1.29 is 19.6 Å². The Bertz CT molecular complexity index is 446. The van der Waals surface area contributed by atoms with Crippen LogP contribution in [0.15, 0.2) is 18.2 Å². The molecule has 0 unspecified atom stereocenters. The van der Waals surface area contributed by atoms with Gasteiger partial charge in [0.25, 0.3) is 0 Å². The number of rotatable bonds is 5. The summed E-state index contributed by atoms with van der Waals surface area (Å²) < 4.78 is 4.86. The van der Waals surface area contributed by atoms with E-state index in [0.717, 1.165) is 0 Å². The Morgan fingerprint density at radius 2 is 2.24 bits per heavy atom. The smallest absolute Gasteiger partial charge is 0.325 e. The third-order valence-corrected chi connectivity index (χ3v) is 2.13. The van der Waals surface area contributed by atoms with Crippen LogP contribution in [0.3, 0.4) is 0 Å². The second-order valence-electron chi connectivity index (χ2n) is 3.35. The van der Waals surface area contributed by atoms with Gasteiger partial charge in [0.15, 0.2) is 5.75 Å². The van der Waals surface area contributed by atoms with E-state index in [0.29, 0.717) is 5.69 Å². The Morgan fingerprint density at radius 3 is 2.71 bits per heavy atom. The summed E-state index contributed by atoms with van der Waals surface area (Å²) in [5.74, 6) is -0.931. The number of hydrogen-bond donors (Lipinski definition) is 2. The summed E-state index contributed by atoms with van der Waals surface area (Å²) >= 11 is 0. The lowest BCUT2D eigenvalue weighted by atomic mass is 10.2. The third kappa shape index (κ3) is 3.07. The van der Waals surface area contributed by atoms with Crippen molar-refractivity contribution in [2.45, 2.75) is 13.0 Å². The first-order chi connectivity index (χ1) is 7.95. The Hall–Kier alpha value is -2.31. The molecule has 0 spiro atoms. The first kappa shape index (κ1) is 12.8. The molecule has 0 amide bonds. The Kier molecular flexibility index (Phi) is 3.86. The predicted octanol–water partition coefficient (Wildman–Crippen LogP) is 1.49. The highest BCUT2D eigenvalue weighted by atomic mass is 16.6. The van der Waals surface area contributed by atoms with E-state index in [1.807, 2.05) is 0 Å². The predicted molar refractivity (Wildman–Crippen MR) is 60.4 cm³/mol. The molecule has 0 heterocycles. The fraction of sp³-hybridized carbons (Fsp3) is 0.300. The minimum Gasteiger partial charge on any atom is -0.490 e. The van der Waals surface area contributed by atoms with Crippen molar-refractivity contribution in [1.82, 2.24) is 0 Å². The Balaban J connectivity index is 2.97. The number of nitro benzene ring substituents is 1. The zero-order chi connectivity index (χ0) is 13.0. The van der Waals surface area contributed by atoms with E-state index in [-0.39, 0.29) is 11.4 Å². The molecule has 1 aromatic rings. The maximum Gasteiger partial charge on any atom is 0.325 e. The van der Waals surface area contributed by atoms with Crippen LogP contribution in [0.25, 0.3) is 0 Å². The zero-order valence-electron chi connectivity index (χ0n) is 9.34.